The maximum Gasteiger partial charge on any atom is 0.281 e. The highest BCUT2D eigenvalue weighted by atomic mass is 16.5. The van der Waals surface area contributed by atoms with Crippen molar-refractivity contribution in [3.05, 3.63) is 35.6 Å². The summed E-state index contributed by atoms with van der Waals surface area (Å²) >= 11 is 0. The Morgan fingerprint density at radius 1 is 1.38 bits per heavy atom. The van der Waals surface area contributed by atoms with Gasteiger partial charge in [0.25, 0.3) is 5.91 Å². The molecule has 0 aromatic heterocycles. The van der Waals surface area contributed by atoms with Gasteiger partial charge >= 0.3 is 0 Å². The molecule has 0 unspecified atom stereocenters. The summed E-state index contributed by atoms with van der Waals surface area (Å²) in [7, 11) is 0. The molecule has 1 saturated heterocycles. The molecule has 0 bridgehead atoms. The van der Waals surface area contributed by atoms with E-state index in [0.717, 1.165) is 18.4 Å². The molecular weight excluding hydrogens is 166 g/mol. The first kappa shape index (κ1) is 8.26. The van der Waals surface area contributed by atoms with E-state index in [-0.39, 0.29) is 5.91 Å². The number of piperidine rings is 1. The Hall–Kier alpha value is -1.35. The van der Waals surface area contributed by atoms with Crippen LogP contribution in [0.3, 0.4) is 0 Å². The monoisotopic (exact) mass is 177 g/mol. The third kappa shape index (κ3) is 1.21. The number of allylic oxidation sites excluding steroid dienone is 3. The second-order valence-corrected chi connectivity index (χ2v) is 3.28. The van der Waals surface area contributed by atoms with Gasteiger partial charge in [-0.25, -0.2) is 0 Å². The quantitative estimate of drug-likeness (QED) is 0.573. The van der Waals surface area contributed by atoms with Crippen molar-refractivity contribution in [1.29, 1.82) is 0 Å². The van der Waals surface area contributed by atoms with Crippen LogP contribution in [-0.4, -0.2) is 16.2 Å². The van der Waals surface area contributed by atoms with Gasteiger partial charge in [0, 0.05) is 17.7 Å². The topological polar surface area (TPSA) is 40.5 Å². The first-order chi connectivity index (χ1) is 6.20. The van der Waals surface area contributed by atoms with Crippen LogP contribution in [0.15, 0.2) is 35.6 Å². The number of fused-ring (bicyclic) bond motifs is 1. The number of hydrogen-bond donors (Lipinski definition) is 1. The normalized spacial score (nSPS) is 22.4. The fraction of sp³-hybridized carbons (Fsp3) is 0.300. The molecule has 0 aromatic rings. The van der Waals surface area contributed by atoms with Gasteiger partial charge in [0.15, 0.2) is 0 Å². The molecule has 1 aliphatic heterocycles. The molecule has 3 heteroatoms. The van der Waals surface area contributed by atoms with Crippen LogP contribution in [0, 0.1) is 0 Å². The molecule has 1 amide bonds. The fourth-order valence-corrected chi connectivity index (χ4v) is 1.67. The first-order valence-corrected chi connectivity index (χ1v) is 4.31. The number of hydroxylamine groups is 2. The maximum absolute atomic E-state index is 11.5. The second-order valence-electron chi connectivity index (χ2n) is 3.28. The smallest absolute Gasteiger partial charge is 0.281 e. The molecule has 13 heavy (non-hydrogen) atoms. The number of amides is 1. The van der Waals surface area contributed by atoms with E-state index < -0.39 is 0 Å². The number of hydrogen-bond acceptors (Lipinski definition) is 2. The lowest BCUT2D eigenvalue weighted by Gasteiger charge is -2.28. The molecule has 0 atom stereocenters. The van der Waals surface area contributed by atoms with Crippen molar-refractivity contribution < 1.29 is 10.0 Å². The summed E-state index contributed by atoms with van der Waals surface area (Å²) in [5.74, 6) is -0.345. The minimum atomic E-state index is -0.345. The van der Waals surface area contributed by atoms with Crippen LogP contribution in [0.2, 0.25) is 0 Å². The Morgan fingerprint density at radius 2 is 2.08 bits per heavy atom. The summed E-state index contributed by atoms with van der Waals surface area (Å²) in [6.07, 6.45) is 6.36. The molecule has 0 saturated carbocycles. The van der Waals surface area contributed by atoms with Gasteiger partial charge in [-0.05, 0) is 18.4 Å². The Labute approximate surface area is 76.6 Å². The molecule has 0 radical (unpaired) electrons. The van der Waals surface area contributed by atoms with Crippen LogP contribution in [0.1, 0.15) is 19.3 Å². The Kier molecular flexibility index (Phi) is 1.81. The van der Waals surface area contributed by atoms with Gasteiger partial charge in [0.1, 0.15) is 0 Å². The van der Waals surface area contributed by atoms with E-state index in [1.807, 2.05) is 12.2 Å². The van der Waals surface area contributed by atoms with Gasteiger partial charge < -0.3 is 0 Å². The fourth-order valence-electron chi connectivity index (χ4n) is 1.67. The van der Waals surface area contributed by atoms with Gasteiger partial charge in [-0.1, -0.05) is 18.7 Å². The predicted octanol–water partition coefficient (Wildman–Crippen LogP) is 1.77. The highest BCUT2D eigenvalue weighted by Gasteiger charge is 2.29. The number of rotatable bonds is 0. The standard InChI is InChI=1S/C10H11NO2/c1-7-6-8-4-2-3-5-9(8)10(12)11(7)13/h4-5,13H,1-3,6H2. The Balaban J connectivity index is 2.38. The summed E-state index contributed by atoms with van der Waals surface area (Å²) in [5.41, 5.74) is 2.10. The average Bonchev–Trinajstić information content (AvgIpc) is 2.15. The molecule has 0 aromatic carbocycles. The molecule has 1 aliphatic carbocycles. The van der Waals surface area contributed by atoms with Gasteiger partial charge in [0.05, 0.1) is 0 Å². The van der Waals surface area contributed by atoms with Crippen LogP contribution in [0.5, 0.6) is 0 Å². The lowest BCUT2D eigenvalue weighted by Crippen LogP contribution is -2.33. The van der Waals surface area contributed by atoms with Gasteiger partial charge in [-0.15, -0.1) is 0 Å². The third-order valence-corrected chi connectivity index (χ3v) is 2.37. The van der Waals surface area contributed by atoms with E-state index in [1.54, 1.807) is 0 Å². The van der Waals surface area contributed by atoms with Crippen molar-refractivity contribution >= 4 is 5.91 Å². The second kappa shape index (κ2) is 2.85. The number of carbonyl (C=O) groups is 1. The van der Waals surface area contributed by atoms with Crippen LogP contribution >= 0.6 is 0 Å². The molecule has 0 spiro atoms. The van der Waals surface area contributed by atoms with Crippen molar-refractivity contribution in [2.24, 2.45) is 0 Å². The van der Waals surface area contributed by atoms with E-state index in [4.69, 9.17) is 0 Å². The van der Waals surface area contributed by atoms with Crippen molar-refractivity contribution in [3.8, 4) is 0 Å². The first-order valence-electron chi connectivity index (χ1n) is 4.31. The number of carbonyl (C=O) groups excluding carboxylic acids is 1. The summed E-state index contributed by atoms with van der Waals surface area (Å²) in [6, 6.07) is 0. The van der Waals surface area contributed by atoms with Crippen molar-refractivity contribution in [3.63, 3.8) is 0 Å². The molecular formula is C10H11NO2. The lowest BCUT2D eigenvalue weighted by atomic mass is 9.90. The average molecular weight is 177 g/mol. The lowest BCUT2D eigenvalue weighted by molar-refractivity contribution is -0.153. The van der Waals surface area contributed by atoms with Crippen LogP contribution in [0.25, 0.3) is 0 Å². The SMILES string of the molecule is C=C1CC2=CCCC=C2C(=O)N1O. The van der Waals surface area contributed by atoms with Gasteiger partial charge in [-0.3, -0.25) is 10.0 Å². The van der Waals surface area contributed by atoms with E-state index >= 15 is 0 Å². The largest absolute Gasteiger partial charge is 0.281 e. The summed E-state index contributed by atoms with van der Waals surface area (Å²) in [5, 5.41) is 9.95. The Bertz CT molecular complexity index is 339. The molecule has 1 heterocycles. The van der Waals surface area contributed by atoms with E-state index in [1.165, 1.54) is 0 Å². The summed E-state index contributed by atoms with van der Waals surface area (Å²) in [4.78, 5) is 11.5. The summed E-state index contributed by atoms with van der Waals surface area (Å²) in [6.45, 7) is 3.62. The highest BCUT2D eigenvalue weighted by Crippen LogP contribution is 2.31. The number of nitrogens with zero attached hydrogens (tertiary/aromatic N) is 1. The molecule has 3 nitrogen and oxygen atoms in total. The van der Waals surface area contributed by atoms with Crippen LogP contribution < -0.4 is 0 Å². The highest BCUT2D eigenvalue weighted by molar-refractivity contribution is 5.99. The van der Waals surface area contributed by atoms with Crippen LogP contribution in [-0.2, 0) is 4.79 Å². The van der Waals surface area contributed by atoms with Crippen molar-refractivity contribution in [2.45, 2.75) is 19.3 Å². The molecule has 2 rings (SSSR count). The molecule has 1 fully saturated rings. The predicted molar refractivity (Wildman–Crippen MR) is 47.8 cm³/mol. The molecule has 1 N–H and O–H groups in total. The van der Waals surface area contributed by atoms with Crippen LogP contribution in [0.4, 0.5) is 0 Å². The van der Waals surface area contributed by atoms with Gasteiger partial charge in [-0.2, -0.15) is 5.06 Å². The minimum absolute atomic E-state index is 0.345. The van der Waals surface area contributed by atoms with Gasteiger partial charge in [0.2, 0.25) is 0 Å². The zero-order valence-electron chi connectivity index (χ0n) is 7.29. The molecule has 2 aliphatic rings. The Morgan fingerprint density at radius 3 is 2.85 bits per heavy atom. The van der Waals surface area contributed by atoms with Crippen molar-refractivity contribution in [2.75, 3.05) is 0 Å². The van der Waals surface area contributed by atoms with Crippen molar-refractivity contribution in [1.82, 2.24) is 5.06 Å². The zero-order chi connectivity index (χ0) is 9.42. The zero-order valence-corrected chi connectivity index (χ0v) is 7.29. The molecule has 68 valence electrons. The van der Waals surface area contributed by atoms with E-state index in [2.05, 4.69) is 6.58 Å². The minimum Gasteiger partial charge on any atom is -0.281 e. The van der Waals surface area contributed by atoms with E-state index in [0.29, 0.717) is 22.8 Å². The van der Waals surface area contributed by atoms with E-state index in [9.17, 15) is 10.0 Å². The summed E-state index contributed by atoms with van der Waals surface area (Å²) < 4.78 is 0. The third-order valence-electron chi connectivity index (χ3n) is 2.37. The maximum atomic E-state index is 11.5.